The molecule has 0 saturated carbocycles. The number of nitrogens with one attached hydrogen (secondary N) is 1. The number of hydrogen-bond acceptors (Lipinski definition) is 2. The van der Waals surface area contributed by atoms with Gasteiger partial charge in [-0.1, -0.05) is 102 Å². The van der Waals surface area contributed by atoms with Gasteiger partial charge in [-0.2, -0.15) is 0 Å². The van der Waals surface area contributed by atoms with Gasteiger partial charge >= 0.3 is 0 Å². The maximum absolute atomic E-state index is 6.55. The normalized spacial score (nSPS) is 14.3. The van der Waals surface area contributed by atoms with Crippen LogP contribution in [0.1, 0.15) is 58.3 Å². The summed E-state index contributed by atoms with van der Waals surface area (Å²) < 4.78 is 6.55. The molecule has 1 unspecified atom stereocenters. The van der Waals surface area contributed by atoms with Gasteiger partial charge in [0.15, 0.2) is 0 Å². The lowest BCUT2D eigenvalue weighted by Crippen LogP contribution is -2.62. The Morgan fingerprint density at radius 1 is 0.808 bits per heavy atom. The second kappa shape index (κ2) is 8.08. The van der Waals surface area contributed by atoms with Crippen LogP contribution in [0.4, 0.5) is 0 Å². The molecule has 1 atom stereocenters. The maximum atomic E-state index is 6.55. The standard InChI is InChI=1S/C23H35NOSi/c1-22(2,3)26(25-7,23(4,5)6)21(20-16-12-9-13-17-20)24-18-19-14-10-8-11-15-19/h8-17,21,24H,18H2,1-7H3. The first-order valence-corrected chi connectivity index (χ1v) is 11.5. The summed E-state index contributed by atoms with van der Waals surface area (Å²) in [4.78, 5) is 0. The zero-order valence-corrected chi connectivity index (χ0v) is 18.5. The van der Waals surface area contributed by atoms with Crippen LogP contribution in [0.2, 0.25) is 10.1 Å². The smallest absolute Gasteiger partial charge is 0.223 e. The Hall–Kier alpha value is -1.42. The van der Waals surface area contributed by atoms with E-state index >= 15 is 0 Å². The zero-order valence-electron chi connectivity index (χ0n) is 17.5. The number of hydrogen-bond donors (Lipinski definition) is 1. The summed E-state index contributed by atoms with van der Waals surface area (Å²) in [6.07, 6.45) is 0. The molecule has 0 aliphatic rings. The zero-order chi connectivity index (χ0) is 19.4. The highest BCUT2D eigenvalue weighted by atomic mass is 28.4. The van der Waals surface area contributed by atoms with Gasteiger partial charge in [-0.3, -0.25) is 0 Å². The Morgan fingerprint density at radius 2 is 1.27 bits per heavy atom. The molecule has 26 heavy (non-hydrogen) atoms. The molecule has 2 aromatic rings. The highest BCUT2D eigenvalue weighted by molar-refractivity contribution is 6.80. The Bertz CT molecular complexity index is 657. The van der Waals surface area contributed by atoms with Gasteiger partial charge in [0.25, 0.3) is 0 Å². The molecule has 0 fully saturated rings. The van der Waals surface area contributed by atoms with Crippen LogP contribution in [0, 0.1) is 0 Å². The third-order valence-corrected chi connectivity index (χ3v) is 11.9. The van der Waals surface area contributed by atoms with Crippen LogP contribution >= 0.6 is 0 Å². The molecule has 2 nitrogen and oxygen atoms in total. The molecular formula is C23H35NOSi. The summed E-state index contributed by atoms with van der Waals surface area (Å²) in [7, 11) is -0.388. The number of rotatable bonds is 6. The van der Waals surface area contributed by atoms with Gasteiger partial charge in [-0.05, 0) is 21.2 Å². The summed E-state index contributed by atoms with van der Waals surface area (Å²) >= 11 is 0. The van der Waals surface area contributed by atoms with Gasteiger partial charge in [-0.15, -0.1) is 0 Å². The van der Waals surface area contributed by atoms with Crippen molar-refractivity contribution in [2.75, 3.05) is 7.11 Å². The lowest BCUT2D eigenvalue weighted by Gasteiger charge is -2.54. The average Bonchev–Trinajstić information content (AvgIpc) is 2.58. The molecule has 3 heteroatoms. The van der Waals surface area contributed by atoms with Crippen molar-refractivity contribution < 1.29 is 4.43 Å². The Kier molecular flexibility index (Phi) is 6.49. The molecule has 2 rings (SSSR count). The second-order valence-electron chi connectivity index (χ2n) is 9.15. The van der Waals surface area contributed by atoms with Gasteiger partial charge in [0.2, 0.25) is 8.32 Å². The van der Waals surface area contributed by atoms with Crippen molar-refractivity contribution in [1.29, 1.82) is 0 Å². The van der Waals surface area contributed by atoms with Crippen molar-refractivity contribution in [2.24, 2.45) is 0 Å². The van der Waals surface area contributed by atoms with E-state index in [-0.39, 0.29) is 15.7 Å². The highest BCUT2D eigenvalue weighted by Crippen LogP contribution is 2.56. The fourth-order valence-corrected chi connectivity index (χ4v) is 11.2. The van der Waals surface area contributed by atoms with Crippen LogP contribution < -0.4 is 5.32 Å². The predicted octanol–water partition coefficient (Wildman–Crippen LogP) is 6.25. The largest absolute Gasteiger partial charge is 0.417 e. The van der Waals surface area contributed by atoms with E-state index in [9.17, 15) is 0 Å². The lowest BCUT2D eigenvalue weighted by atomic mass is 10.2. The topological polar surface area (TPSA) is 21.3 Å². The van der Waals surface area contributed by atoms with Crippen molar-refractivity contribution in [3.8, 4) is 0 Å². The van der Waals surface area contributed by atoms with E-state index in [4.69, 9.17) is 4.43 Å². The minimum atomic E-state index is -2.31. The van der Waals surface area contributed by atoms with Gasteiger partial charge in [-0.25, -0.2) is 0 Å². The first-order chi connectivity index (χ1) is 12.1. The third kappa shape index (κ3) is 4.11. The van der Waals surface area contributed by atoms with Crippen LogP contribution in [0.15, 0.2) is 60.7 Å². The SMILES string of the molecule is CO[Si](C(NCc1ccccc1)c1ccccc1)(C(C)(C)C)C(C)(C)C. The van der Waals surface area contributed by atoms with E-state index in [0.29, 0.717) is 0 Å². The fraction of sp³-hybridized carbons (Fsp3) is 0.478. The van der Waals surface area contributed by atoms with Crippen LogP contribution in [0.3, 0.4) is 0 Å². The predicted molar refractivity (Wildman–Crippen MR) is 115 cm³/mol. The van der Waals surface area contributed by atoms with E-state index in [1.54, 1.807) is 0 Å². The van der Waals surface area contributed by atoms with Crippen LogP contribution in [0.5, 0.6) is 0 Å². The van der Waals surface area contributed by atoms with Gasteiger partial charge in [0, 0.05) is 13.7 Å². The molecule has 0 bridgehead atoms. The third-order valence-electron chi connectivity index (χ3n) is 5.44. The first-order valence-electron chi connectivity index (χ1n) is 9.51. The van der Waals surface area contributed by atoms with Gasteiger partial charge < -0.3 is 9.74 Å². The minimum absolute atomic E-state index is 0.0736. The van der Waals surface area contributed by atoms with E-state index in [0.717, 1.165) is 6.54 Å². The van der Waals surface area contributed by atoms with Crippen LogP contribution in [0.25, 0.3) is 0 Å². The Labute approximate surface area is 161 Å². The molecule has 0 spiro atoms. The lowest BCUT2D eigenvalue weighted by molar-refractivity contribution is 0.301. The second-order valence-corrected chi connectivity index (χ2v) is 14.6. The highest BCUT2D eigenvalue weighted by Gasteiger charge is 2.59. The molecule has 0 saturated heterocycles. The van der Waals surface area contributed by atoms with E-state index in [2.05, 4.69) is 108 Å². The Morgan fingerprint density at radius 3 is 1.69 bits per heavy atom. The van der Waals surface area contributed by atoms with Crippen molar-refractivity contribution >= 4 is 8.32 Å². The fourth-order valence-electron chi connectivity index (χ4n) is 4.68. The minimum Gasteiger partial charge on any atom is -0.417 e. The summed E-state index contributed by atoms with van der Waals surface area (Å²) in [5, 5.41) is 4.04. The molecule has 0 radical (unpaired) electrons. The van der Waals surface area contributed by atoms with E-state index in [1.165, 1.54) is 11.1 Å². The molecule has 0 aromatic heterocycles. The van der Waals surface area contributed by atoms with Crippen molar-refractivity contribution in [1.82, 2.24) is 5.32 Å². The van der Waals surface area contributed by atoms with E-state index < -0.39 is 8.32 Å². The van der Waals surface area contributed by atoms with Gasteiger partial charge in [0.05, 0.1) is 5.67 Å². The van der Waals surface area contributed by atoms with Crippen molar-refractivity contribution in [3.63, 3.8) is 0 Å². The first kappa shape index (κ1) is 20.9. The van der Waals surface area contributed by atoms with Gasteiger partial charge in [0.1, 0.15) is 0 Å². The maximum Gasteiger partial charge on any atom is 0.223 e. The van der Waals surface area contributed by atoms with Crippen LogP contribution in [-0.2, 0) is 11.0 Å². The molecule has 2 aromatic carbocycles. The Balaban J connectivity index is 2.53. The molecule has 0 aliphatic heterocycles. The molecule has 0 amide bonds. The summed E-state index contributed by atoms with van der Waals surface area (Å²) in [5.41, 5.74) is 2.82. The average molecular weight is 370 g/mol. The summed E-state index contributed by atoms with van der Waals surface area (Å²) in [6.45, 7) is 14.9. The van der Waals surface area contributed by atoms with Crippen molar-refractivity contribution in [2.45, 2.75) is 63.8 Å². The van der Waals surface area contributed by atoms with E-state index in [1.807, 2.05) is 7.11 Å². The molecule has 0 heterocycles. The summed E-state index contributed by atoms with van der Waals surface area (Å²) in [6, 6.07) is 21.4. The molecule has 1 N–H and O–H groups in total. The molecule has 0 aliphatic carbocycles. The van der Waals surface area contributed by atoms with Crippen molar-refractivity contribution in [3.05, 3.63) is 71.8 Å². The monoisotopic (exact) mass is 369 g/mol. The molecule has 142 valence electrons. The van der Waals surface area contributed by atoms with Crippen LogP contribution in [-0.4, -0.2) is 15.4 Å². The molecular weight excluding hydrogens is 334 g/mol. The summed E-state index contributed by atoms with van der Waals surface area (Å²) in [5.74, 6) is 0. The quantitative estimate of drug-likeness (QED) is 0.608. The number of benzene rings is 2.